The summed E-state index contributed by atoms with van der Waals surface area (Å²) < 4.78 is 0. The largest absolute Gasteiger partial charge is 0.391 e. The van der Waals surface area contributed by atoms with Crippen molar-refractivity contribution in [1.82, 2.24) is 4.90 Å². The molecule has 0 aliphatic carbocycles. The van der Waals surface area contributed by atoms with Crippen LogP contribution in [0.3, 0.4) is 0 Å². The van der Waals surface area contributed by atoms with Gasteiger partial charge in [-0.15, -0.1) is 6.58 Å². The van der Waals surface area contributed by atoms with Crippen molar-refractivity contribution in [1.29, 1.82) is 0 Å². The summed E-state index contributed by atoms with van der Waals surface area (Å²) in [5.74, 6) is 0.00106. The number of amides is 1. The number of allylic oxidation sites excluding steroid dienone is 1. The Balaban J connectivity index is 2.01. The van der Waals surface area contributed by atoms with E-state index in [9.17, 15) is 9.90 Å². The van der Waals surface area contributed by atoms with Crippen molar-refractivity contribution in [3.8, 4) is 0 Å². The van der Waals surface area contributed by atoms with Gasteiger partial charge in [0.05, 0.1) is 6.10 Å². The van der Waals surface area contributed by atoms with Crippen molar-refractivity contribution >= 4 is 11.6 Å². The van der Waals surface area contributed by atoms with Crippen LogP contribution in [0.2, 0.25) is 0 Å². The zero-order chi connectivity index (χ0) is 15.9. The molecule has 4 heteroatoms. The average Bonchev–Trinajstić information content (AvgIpc) is 2.52. The average molecular weight is 302 g/mol. The molecule has 0 aromatic heterocycles. The van der Waals surface area contributed by atoms with E-state index in [0.29, 0.717) is 18.2 Å². The van der Waals surface area contributed by atoms with Gasteiger partial charge in [0, 0.05) is 30.4 Å². The summed E-state index contributed by atoms with van der Waals surface area (Å²) >= 11 is 0. The third kappa shape index (κ3) is 4.60. The van der Waals surface area contributed by atoms with Crippen molar-refractivity contribution in [2.45, 2.75) is 44.8 Å². The number of carbonyl (C=O) groups excluding carboxylic acids is 1. The Morgan fingerprint density at radius 1 is 1.59 bits per heavy atom. The standard InChI is InChI=1S/C18H26N2O2/c1-3-4-7-14(2)19-16-9-5-8-15(12-16)18(22)20-11-6-10-17(21)13-20/h3,5,8-9,12,14,17,19,21H,1,4,6-7,10-11,13H2,2H3. The van der Waals surface area contributed by atoms with Gasteiger partial charge in [-0.2, -0.15) is 0 Å². The molecule has 1 heterocycles. The van der Waals surface area contributed by atoms with Crippen LogP contribution in [0, 0.1) is 0 Å². The first-order valence-electron chi connectivity index (χ1n) is 8.05. The predicted molar refractivity (Wildman–Crippen MR) is 90.1 cm³/mol. The lowest BCUT2D eigenvalue weighted by atomic mass is 10.1. The van der Waals surface area contributed by atoms with Crippen LogP contribution in [0.15, 0.2) is 36.9 Å². The minimum absolute atomic E-state index is 0.00106. The lowest BCUT2D eigenvalue weighted by molar-refractivity contribution is 0.0474. The molecule has 1 amide bonds. The number of aliphatic hydroxyl groups is 1. The van der Waals surface area contributed by atoms with Gasteiger partial charge in [0.1, 0.15) is 0 Å². The van der Waals surface area contributed by atoms with E-state index in [4.69, 9.17) is 0 Å². The zero-order valence-corrected chi connectivity index (χ0v) is 13.3. The molecule has 1 fully saturated rings. The third-order valence-electron chi connectivity index (χ3n) is 4.01. The maximum absolute atomic E-state index is 12.5. The lowest BCUT2D eigenvalue weighted by Crippen LogP contribution is -2.42. The zero-order valence-electron chi connectivity index (χ0n) is 13.3. The van der Waals surface area contributed by atoms with Crippen LogP contribution >= 0.6 is 0 Å². The number of nitrogens with zero attached hydrogens (tertiary/aromatic N) is 1. The number of piperidine rings is 1. The van der Waals surface area contributed by atoms with Crippen LogP contribution in [0.1, 0.15) is 43.0 Å². The van der Waals surface area contributed by atoms with Crippen LogP contribution in [-0.4, -0.2) is 41.1 Å². The third-order valence-corrected chi connectivity index (χ3v) is 4.01. The molecule has 1 saturated heterocycles. The fourth-order valence-electron chi connectivity index (χ4n) is 2.79. The fraction of sp³-hybridized carbons (Fsp3) is 0.500. The minimum atomic E-state index is -0.391. The van der Waals surface area contributed by atoms with Gasteiger partial charge in [0.15, 0.2) is 0 Å². The van der Waals surface area contributed by atoms with E-state index in [0.717, 1.165) is 37.9 Å². The van der Waals surface area contributed by atoms with Crippen molar-refractivity contribution < 1.29 is 9.90 Å². The van der Waals surface area contributed by atoms with Crippen LogP contribution in [0.5, 0.6) is 0 Å². The summed E-state index contributed by atoms with van der Waals surface area (Å²) in [7, 11) is 0. The van der Waals surface area contributed by atoms with Crippen molar-refractivity contribution in [3.63, 3.8) is 0 Å². The van der Waals surface area contributed by atoms with Gasteiger partial charge >= 0.3 is 0 Å². The molecule has 1 aliphatic rings. The molecular weight excluding hydrogens is 276 g/mol. The van der Waals surface area contributed by atoms with E-state index in [2.05, 4.69) is 18.8 Å². The summed E-state index contributed by atoms with van der Waals surface area (Å²) in [5, 5.41) is 13.1. The second-order valence-corrected chi connectivity index (χ2v) is 6.04. The first-order valence-corrected chi connectivity index (χ1v) is 8.05. The van der Waals surface area contributed by atoms with E-state index >= 15 is 0 Å². The Hall–Kier alpha value is -1.81. The highest BCUT2D eigenvalue weighted by atomic mass is 16.3. The summed E-state index contributed by atoms with van der Waals surface area (Å²) in [4.78, 5) is 14.3. The summed E-state index contributed by atoms with van der Waals surface area (Å²) in [6.45, 7) is 7.02. The number of benzene rings is 1. The van der Waals surface area contributed by atoms with Gasteiger partial charge in [-0.25, -0.2) is 0 Å². The Labute approximate surface area is 132 Å². The second-order valence-electron chi connectivity index (χ2n) is 6.04. The maximum Gasteiger partial charge on any atom is 0.254 e. The van der Waals surface area contributed by atoms with Gasteiger partial charge < -0.3 is 15.3 Å². The molecule has 4 nitrogen and oxygen atoms in total. The van der Waals surface area contributed by atoms with Gasteiger partial charge in [-0.1, -0.05) is 12.1 Å². The highest BCUT2D eigenvalue weighted by Crippen LogP contribution is 2.18. The quantitative estimate of drug-likeness (QED) is 0.794. The fourth-order valence-corrected chi connectivity index (χ4v) is 2.79. The molecule has 120 valence electrons. The van der Waals surface area contributed by atoms with E-state index in [1.165, 1.54) is 0 Å². The summed E-state index contributed by atoms with van der Waals surface area (Å²) in [6.07, 6.45) is 5.16. The number of hydrogen-bond acceptors (Lipinski definition) is 3. The van der Waals surface area contributed by atoms with Crippen LogP contribution in [-0.2, 0) is 0 Å². The van der Waals surface area contributed by atoms with Crippen molar-refractivity contribution in [2.75, 3.05) is 18.4 Å². The van der Waals surface area contributed by atoms with Gasteiger partial charge in [-0.05, 0) is 50.8 Å². The normalized spacial score (nSPS) is 19.5. The number of β-amino-alcohol motifs (C(OH)–C–C–N with tert-alkyl or cyclic N) is 1. The second kappa shape index (κ2) is 7.99. The number of hydrogen-bond donors (Lipinski definition) is 2. The molecule has 2 rings (SSSR count). The molecule has 2 unspecified atom stereocenters. The van der Waals surface area contributed by atoms with E-state index in [1.54, 1.807) is 4.90 Å². The number of aliphatic hydroxyl groups excluding tert-OH is 1. The molecule has 1 aromatic carbocycles. The van der Waals surface area contributed by atoms with E-state index in [-0.39, 0.29) is 5.91 Å². The minimum Gasteiger partial charge on any atom is -0.391 e. The lowest BCUT2D eigenvalue weighted by Gasteiger charge is -2.30. The Bertz CT molecular complexity index is 516. The monoisotopic (exact) mass is 302 g/mol. The van der Waals surface area contributed by atoms with Crippen LogP contribution in [0.25, 0.3) is 0 Å². The van der Waals surface area contributed by atoms with E-state index in [1.807, 2.05) is 30.3 Å². The molecule has 1 aromatic rings. The highest BCUT2D eigenvalue weighted by Gasteiger charge is 2.23. The number of anilines is 1. The number of carbonyl (C=O) groups is 1. The predicted octanol–water partition coefficient (Wildman–Crippen LogP) is 3.05. The maximum atomic E-state index is 12.5. The molecule has 1 aliphatic heterocycles. The number of nitrogens with one attached hydrogen (secondary N) is 1. The first kappa shape index (κ1) is 16.6. The van der Waals surface area contributed by atoms with Crippen LogP contribution in [0.4, 0.5) is 5.69 Å². The van der Waals surface area contributed by atoms with Gasteiger partial charge in [0.25, 0.3) is 5.91 Å². The SMILES string of the molecule is C=CCCC(C)Nc1cccc(C(=O)N2CCCC(O)C2)c1. The Morgan fingerprint density at radius 2 is 2.41 bits per heavy atom. The Morgan fingerprint density at radius 3 is 3.14 bits per heavy atom. The van der Waals surface area contributed by atoms with Gasteiger partial charge in [0.2, 0.25) is 0 Å². The molecule has 0 spiro atoms. The summed E-state index contributed by atoms with van der Waals surface area (Å²) in [6, 6.07) is 7.94. The molecule has 0 radical (unpaired) electrons. The Kier molecular flexibility index (Phi) is 6.01. The number of rotatable bonds is 6. The van der Waals surface area contributed by atoms with Gasteiger partial charge in [-0.3, -0.25) is 4.79 Å². The van der Waals surface area contributed by atoms with Crippen molar-refractivity contribution in [3.05, 3.63) is 42.5 Å². The van der Waals surface area contributed by atoms with E-state index < -0.39 is 6.10 Å². The molecule has 0 bridgehead atoms. The molecular formula is C18H26N2O2. The first-order chi connectivity index (χ1) is 10.6. The molecule has 22 heavy (non-hydrogen) atoms. The molecule has 2 N–H and O–H groups in total. The van der Waals surface area contributed by atoms with Crippen molar-refractivity contribution in [2.24, 2.45) is 0 Å². The highest BCUT2D eigenvalue weighted by molar-refractivity contribution is 5.95. The molecule has 2 atom stereocenters. The smallest absolute Gasteiger partial charge is 0.254 e. The summed E-state index contributed by atoms with van der Waals surface area (Å²) in [5.41, 5.74) is 1.63. The van der Waals surface area contributed by atoms with Crippen LogP contribution < -0.4 is 5.32 Å². The topological polar surface area (TPSA) is 52.6 Å². The number of likely N-dealkylation sites (tertiary alicyclic amines) is 1. The molecule has 0 saturated carbocycles.